The van der Waals surface area contributed by atoms with Crippen molar-refractivity contribution in [3.05, 3.63) is 72.3 Å². The quantitative estimate of drug-likeness (QED) is 0.287. The Hall–Kier alpha value is -4.53. The summed E-state index contributed by atoms with van der Waals surface area (Å²) in [5.41, 5.74) is 0.909. The summed E-state index contributed by atoms with van der Waals surface area (Å²) < 4.78 is 52.3. The van der Waals surface area contributed by atoms with Crippen LogP contribution in [0.3, 0.4) is 0 Å². The standard InChI is InChI=1S/C36H46N4O9S/c1-24-20-40(25(2)22-41)35(42)30-18-28(38-50(44,45)29-11-6-5-7-12-29)14-15-31(30)49-26(3)10-8-9-17-46-34(24)21-39(4)36(43)37-27-13-16-32-33(19-27)48-23-47-32/h5-7,11-16,18-19,24-26,34,38,41H,8-10,17,20-23H2,1-4H3,(H,37,43)/t24-,25+,26+,34-/m1/s1. The lowest BCUT2D eigenvalue weighted by Crippen LogP contribution is -2.48. The number of hydrogen-bond acceptors (Lipinski definition) is 9. The first-order chi connectivity index (χ1) is 23.9. The van der Waals surface area contributed by atoms with Crippen LogP contribution in [0.15, 0.2) is 71.6 Å². The molecule has 0 saturated heterocycles. The van der Waals surface area contributed by atoms with Crippen LogP contribution in [0.2, 0.25) is 0 Å². The van der Waals surface area contributed by atoms with Crippen molar-refractivity contribution in [1.29, 1.82) is 0 Å². The van der Waals surface area contributed by atoms with E-state index < -0.39 is 28.1 Å². The molecule has 2 aliphatic rings. The van der Waals surface area contributed by atoms with Crippen molar-refractivity contribution in [2.45, 2.75) is 63.2 Å². The molecule has 13 nitrogen and oxygen atoms in total. The van der Waals surface area contributed by atoms with E-state index in [9.17, 15) is 23.1 Å². The van der Waals surface area contributed by atoms with Gasteiger partial charge in [-0.25, -0.2) is 13.2 Å². The van der Waals surface area contributed by atoms with E-state index in [4.69, 9.17) is 18.9 Å². The molecule has 0 unspecified atom stereocenters. The highest BCUT2D eigenvalue weighted by Gasteiger charge is 2.31. The van der Waals surface area contributed by atoms with Gasteiger partial charge in [-0.15, -0.1) is 0 Å². The Balaban J connectivity index is 1.38. The Kier molecular flexibility index (Phi) is 12.1. The highest BCUT2D eigenvalue weighted by molar-refractivity contribution is 7.92. The number of likely N-dealkylation sites (N-methyl/N-ethyl adjacent to an activating group) is 1. The molecule has 0 bridgehead atoms. The maximum atomic E-state index is 14.4. The number of benzene rings is 3. The molecule has 3 N–H and O–H groups in total. The van der Waals surface area contributed by atoms with Gasteiger partial charge < -0.3 is 39.2 Å². The van der Waals surface area contributed by atoms with Crippen molar-refractivity contribution < 1.29 is 42.1 Å². The maximum absolute atomic E-state index is 14.4. The maximum Gasteiger partial charge on any atom is 0.321 e. The number of anilines is 2. The number of nitrogens with zero attached hydrogens (tertiary/aromatic N) is 2. The molecule has 2 heterocycles. The van der Waals surface area contributed by atoms with Crippen LogP contribution in [0.1, 0.15) is 50.4 Å². The summed E-state index contributed by atoms with van der Waals surface area (Å²) in [5, 5.41) is 13.1. The monoisotopic (exact) mass is 710 g/mol. The van der Waals surface area contributed by atoms with E-state index in [1.165, 1.54) is 23.1 Å². The minimum absolute atomic E-state index is 0.0845. The lowest BCUT2D eigenvalue weighted by molar-refractivity contribution is -0.0115. The minimum atomic E-state index is -3.93. The third-order valence-corrected chi connectivity index (χ3v) is 10.2. The molecule has 4 atom stereocenters. The zero-order chi connectivity index (χ0) is 35.8. The number of rotatable bonds is 8. The predicted octanol–water partition coefficient (Wildman–Crippen LogP) is 5.18. The average Bonchev–Trinajstić information content (AvgIpc) is 3.57. The first-order valence-electron chi connectivity index (χ1n) is 16.8. The lowest BCUT2D eigenvalue weighted by Gasteiger charge is -2.35. The second-order valence-electron chi connectivity index (χ2n) is 12.8. The number of amides is 3. The lowest BCUT2D eigenvalue weighted by atomic mass is 10.0. The van der Waals surface area contributed by atoms with Gasteiger partial charge in [-0.3, -0.25) is 9.52 Å². The van der Waals surface area contributed by atoms with Crippen LogP contribution in [-0.4, -0.2) is 93.7 Å². The first-order valence-corrected chi connectivity index (χ1v) is 18.3. The number of aliphatic hydroxyl groups is 1. The van der Waals surface area contributed by atoms with E-state index in [-0.39, 0.29) is 60.7 Å². The van der Waals surface area contributed by atoms with Gasteiger partial charge in [0, 0.05) is 50.1 Å². The second-order valence-corrected chi connectivity index (χ2v) is 14.5. The third-order valence-electron chi connectivity index (χ3n) is 8.78. The van der Waals surface area contributed by atoms with Crippen LogP contribution >= 0.6 is 0 Å². The summed E-state index contributed by atoms with van der Waals surface area (Å²) in [6, 6.07) is 16.8. The van der Waals surface area contributed by atoms with Crippen LogP contribution in [0, 0.1) is 5.92 Å². The predicted molar refractivity (Wildman–Crippen MR) is 188 cm³/mol. The highest BCUT2D eigenvalue weighted by atomic mass is 32.2. The summed E-state index contributed by atoms with van der Waals surface area (Å²) in [5.74, 6) is 0.768. The molecule has 270 valence electrons. The topological polar surface area (TPSA) is 156 Å². The van der Waals surface area contributed by atoms with Crippen LogP contribution in [0.5, 0.6) is 17.2 Å². The fraction of sp³-hybridized carbons (Fsp3) is 0.444. The van der Waals surface area contributed by atoms with Crippen LogP contribution < -0.4 is 24.2 Å². The Morgan fingerprint density at radius 3 is 2.48 bits per heavy atom. The van der Waals surface area contributed by atoms with Crippen LogP contribution in [0.4, 0.5) is 16.2 Å². The van der Waals surface area contributed by atoms with E-state index >= 15 is 0 Å². The molecule has 0 aliphatic carbocycles. The van der Waals surface area contributed by atoms with Crippen molar-refractivity contribution in [1.82, 2.24) is 9.80 Å². The molecule has 0 spiro atoms. The summed E-state index contributed by atoms with van der Waals surface area (Å²) in [6.45, 7) is 6.27. The van der Waals surface area contributed by atoms with Gasteiger partial charge in [0.25, 0.3) is 15.9 Å². The molecule has 50 heavy (non-hydrogen) atoms. The molecular formula is C36H46N4O9S. The molecule has 2 aliphatic heterocycles. The molecule has 0 radical (unpaired) electrons. The van der Waals surface area contributed by atoms with E-state index in [0.29, 0.717) is 36.0 Å². The van der Waals surface area contributed by atoms with Gasteiger partial charge in [-0.2, -0.15) is 0 Å². The fourth-order valence-corrected chi connectivity index (χ4v) is 6.88. The fourth-order valence-electron chi connectivity index (χ4n) is 5.81. The first kappa shape index (κ1) is 36.7. The number of hydrogen-bond donors (Lipinski definition) is 3. The van der Waals surface area contributed by atoms with Gasteiger partial charge in [-0.05, 0) is 75.6 Å². The average molecular weight is 711 g/mol. The zero-order valence-electron chi connectivity index (χ0n) is 28.8. The molecule has 3 aromatic carbocycles. The third kappa shape index (κ3) is 9.17. The molecule has 3 aromatic rings. The van der Waals surface area contributed by atoms with Gasteiger partial charge in [0.05, 0.1) is 35.3 Å². The van der Waals surface area contributed by atoms with Crippen molar-refractivity contribution in [3.63, 3.8) is 0 Å². The van der Waals surface area contributed by atoms with E-state index in [0.717, 1.165) is 12.8 Å². The molecule has 0 saturated carbocycles. The van der Waals surface area contributed by atoms with E-state index in [1.807, 2.05) is 13.8 Å². The number of nitrogens with one attached hydrogen (secondary N) is 2. The molecule has 0 fully saturated rings. The number of sulfonamides is 1. The second kappa shape index (κ2) is 16.5. The van der Waals surface area contributed by atoms with Crippen LogP contribution in [-0.2, 0) is 14.8 Å². The Labute approximate surface area is 293 Å². The van der Waals surface area contributed by atoms with E-state index in [1.54, 1.807) is 67.4 Å². The molecule has 14 heteroatoms. The highest BCUT2D eigenvalue weighted by Crippen LogP contribution is 2.34. The summed E-state index contributed by atoms with van der Waals surface area (Å²) in [6.07, 6.45) is 1.54. The number of carbonyl (C=O) groups is 2. The minimum Gasteiger partial charge on any atom is -0.490 e. The van der Waals surface area contributed by atoms with Crippen molar-refractivity contribution in [2.75, 3.05) is 50.2 Å². The zero-order valence-corrected chi connectivity index (χ0v) is 29.6. The number of fused-ring (bicyclic) bond motifs is 2. The number of urea groups is 1. The van der Waals surface area contributed by atoms with Gasteiger partial charge >= 0.3 is 6.03 Å². The molecule has 3 amide bonds. The van der Waals surface area contributed by atoms with Crippen molar-refractivity contribution >= 4 is 33.3 Å². The largest absolute Gasteiger partial charge is 0.490 e. The van der Waals surface area contributed by atoms with Crippen LogP contribution in [0.25, 0.3) is 0 Å². The van der Waals surface area contributed by atoms with E-state index in [2.05, 4.69) is 10.0 Å². The van der Waals surface area contributed by atoms with Gasteiger partial charge in [0.2, 0.25) is 6.79 Å². The van der Waals surface area contributed by atoms with Gasteiger partial charge in [0.1, 0.15) is 5.75 Å². The van der Waals surface area contributed by atoms with Gasteiger partial charge in [0.15, 0.2) is 11.5 Å². The number of ether oxygens (including phenoxy) is 4. The molecule has 0 aromatic heterocycles. The normalized spacial score (nSPS) is 20.5. The molecular weight excluding hydrogens is 664 g/mol. The summed E-state index contributed by atoms with van der Waals surface area (Å²) in [7, 11) is -2.25. The SMILES string of the molecule is C[C@@H]1CN([C@@H](C)CO)C(=O)c2cc(NS(=O)(=O)c3ccccc3)ccc2O[C@@H](C)CCCCO[C@@H]1CN(C)C(=O)Nc1ccc2c(c1)OCO2. The number of aliphatic hydroxyl groups excluding tert-OH is 1. The Morgan fingerprint density at radius 1 is 1.00 bits per heavy atom. The number of carbonyl (C=O) groups excluding carboxylic acids is 2. The summed E-state index contributed by atoms with van der Waals surface area (Å²) >= 11 is 0. The summed E-state index contributed by atoms with van der Waals surface area (Å²) in [4.78, 5) is 30.8. The Bertz CT molecular complexity index is 1740. The molecule has 5 rings (SSSR count). The van der Waals surface area contributed by atoms with Gasteiger partial charge in [-0.1, -0.05) is 25.1 Å². The van der Waals surface area contributed by atoms with Crippen molar-refractivity contribution in [2.24, 2.45) is 5.92 Å². The van der Waals surface area contributed by atoms with Crippen molar-refractivity contribution in [3.8, 4) is 17.2 Å². The smallest absolute Gasteiger partial charge is 0.321 e. The Morgan fingerprint density at radius 2 is 1.72 bits per heavy atom.